The molecular formula is C13H19FN2O2. The summed E-state index contributed by atoms with van der Waals surface area (Å²) in [6.07, 6.45) is 0.127. The smallest absolute Gasteiger partial charge is 0.253 e. The molecule has 2 N–H and O–H groups in total. The maximum atomic E-state index is 13.2. The van der Waals surface area contributed by atoms with Gasteiger partial charge in [0.05, 0.1) is 18.4 Å². The Morgan fingerprint density at radius 2 is 2.17 bits per heavy atom. The van der Waals surface area contributed by atoms with Crippen LogP contribution in [-0.2, 0) is 4.74 Å². The minimum atomic E-state index is -0.576. The predicted octanol–water partition coefficient (Wildman–Crippen LogP) is 1.90. The van der Waals surface area contributed by atoms with Crippen LogP contribution in [-0.4, -0.2) is 37.1 Å². The standard InChI is InChI=1S/C13H19FN2O2/c1-9(2)18-7-6-16(3)13(17)10-4-5-12(15)11(14)8-10/h4-5,8-9H,6-7,15H2,1-3H3. The van der Waals surface area contributed by atoms with Crippen molar-refractivity contribution in [1.82, 2.24) is 4.90 Å². The van der Waals surface area contributed by atoms with Gasteiger partial charge in [-0.15, -0.1) is 0 Å². The third-order valence-electron chi connectivity index (χ3n) is 2.47. The number of ether oxygens (including phenoxy) is 1. The lowest BCUT2D eigenvalue weighted by Gasteiger charge is -2.18. The number of hydrogen-bond acceptors (Lipinski definition) is 3. The molecule has 1 aromatic rings. The molecule has 0 atom stereocenters. The predicted molar refractivity (Wildman–Crippen MR) is 68.9 cm³/mol. The van der Waals surface area contributed by atoms with Crippen LogP contribution in [0.15, 0.2) is 18.2 Å². The van der Waals surface area contributed by atoms with Crippen LogP contribution in [0.5, 0.6) is 0 Å². The van der Waals surface area contributed by atoms with E-state index in [9.17, 15) is 9.18 Å². The fraction of sp³-hybridized carbons (Fsp3) is 0.462. The average molecular weight is 254 g/mol. The highest BCUT2D eigenvalue weighted by atomic mass is 19.1. The van der Waals surface area contributed by atoms with Crippen LogP contribution in [0, 0.1) is 5.82 Å². The largest absolute Gasteiger partial charge is 0.396 e. The zero-order valence-electron chi connectivity index (χ0n) is 10.9. The first-order chi connectivity index (χ1) is 8.41. The molecule has 0 aliphatic carbocycles. The Balaban J connectivity index is 2.60. The third kappa shape index (κ3) is 4.00. The van der Waals surface area contributed by atoms with Gasteiger partial charge in [0, 0.05) is 19.2 Å². The highest BCUT2D eigenvalue weighted by Crippen LogP contribution is 2.13. The quantitative estimate of drug-likeness (QED) is 0.816. The summed E-state index contributed by atoms with van der Waals surface area (Å²) < 4.78 is 18.6. The van der Waals surface area contributed by atoms with Gasteiger partial charge in [-0.05, 0) is 32.0 Å². The monoisotopic (exact) mass is 254 g/mol. The number of likely N-dealkylation sites (N-methyl/N-ethyl adjacent to an activating group) is 1. The van der Waals surface area contributed by atoms with E-state index in [2.05, 4.69) is 0 Å². The number of anilines is 1. The fourth-order valence-corrected chi connectivity index (χ4v) is 1.41. The summed E-state index contributed by atoms with van der Waals surface area (Å²) in [5.74, 6) is -0.825. The van der Waals surface area contributed by atoms with E-state index in [1.807, 2.05) is 13.8 Å². The molecule has 100 valence electrons. The highest BCUT2D eigenvalue weighted by molar-refractivity contribution is 5.94. The molecule has 0 spiro atoms. The van der Waals surface area contributed by atoms with Crippen LogP contribution in [0.4, 0.5) is 10.1 Å². The van der Waals surface area contributed by atoms with Crippen LogP contribution >= 0.6 is 0 Å². The summed E-state index contributed by atoms with van der Waals surface area (Å²) in [7, 11) is 1.65. The Kier molecular flexibility index (Phi) is 5.09. The van der Waals surface area contributed by atoms with Crippen molar-refractivity contribution in [3.05, 3.63) is 29.6 Å². The van der Waals surface area contributed by atoms with Gasteiger partial charge in [0.2, 0.25) is 0 Å². The van der Waals surface area contributed by atoms with Crippen molar-refractivity contribution in [3.63, 3.8) is 0 Å². The Bertz CT molecular complexity index is 421. The first kappa shape index (κ1) is 14.4. The molecule has 0 unspecified atom stereocenters. The number of rotatable bonds is 5. The Morgan fingerprint density at radius 1 is 1.50 bits per heavy atom. The lowest BCUT2D eigenvalue weighted by Crippen LogP contribution is -2.30. The molecule has 1 rings (SSSR count). The highest BCUT2D eigenvalue weighted by Gasteiger charge is 2.13. The molecule has 1 amide bonds. The summed E-state index contributed by atoms with van der Waals surface area (Å²) >= 11 is 0. The number of hydrogen-bond donors (Lipinski definition) is 1. The van der Waals surface area contributed by atoms with Gasteiger partial charge < -0.3 is 15.4 Å². The number of carbonyl (C=O) groups is 1. The molecular weight excluding hydrogens is 235 g/mol. The van der Waals surface area contributed by atoms with Gasteiger partial charge in [-0.25, -0.2) is 4.39 Å². The van der Waals surface area contributed by atoms with Gasteiger partial charge in [-0.2, -0.15) is 0 Å². The molecule has 5 heteroatoms. The van der Waals surface area contributed by atoms with Crippen molar-refractivity contribution >= 4 is 11.6 Å². The maximum Gasteiger partial charge on any atom is 0.253 e. The lowest BCUT2D eigenvalue weighted by atomic mass is 10.2. The van der Waals surface area contributed by atoms with E-state index in [0.29, 0.717) is 13.2 Å². The average Bonchev–Trinajstić information content (AvgIpc) is 2.31. The van der Waals surface area contributed by atoms with Crippen molar-refractivity contribution in [2.45, 2.75) is 20.0 Å². The molecule has 0 aliphatic rings. The summed E-state index contributed by atoms with van der Waals surface area (Å²) in [4.78, 5) is 13.4. The van der Waals surface area contributed by atoms with Crippen LogP contribution in [0.3, 0.4) is 0 Å². The molecule has 0 radical (unpaired) electrons. The molecule has 1 aromatic carbocycles. The van der Waals surface area contributed by atoms with Gasteiger partial charge in [0.1, 0.15) is 5.82 Å². The summed E-state index contributed by atoms with van der Waals surface area (Å²) in [5, 5.41) is 0. The van der Waals surface area contributed by atoms with Crippen molar-refractivity contribution in [1.29, 1.82) is 0 Å². The molecule has 0 bridgehead atoms. The van der Waals surface area contributed by atoms with Crippen molar-refractivity contribution in [3.8, 4) is 0 Å². The van der Waals surface area contributed by atoms with Gasteiger partial charge >= 0.3 is 0 Å². The number of halogens is 1. The fourth-order valence-electron chi connectivity index (χ4n) is 1.41. The van der Waals surface area contributed by atoms with Gasteiger partial charge in [-0.3, -0.25) is 4.79 Å². The van der Waals surface area contributed by atoms with E-state index in [1.165, 1.54) is 17.0 Å². The zero-order valence-corrected chi connectivity index (χ0v) is 10.9. The van der Waals surface area contributed by atoms with Crippen LogP contribution < -0.4 is 5.73 Å². The third-order valence-corrected chi connectivity index (χ3v) is 2.47. The molecule has 18 heavy (non-hydrogen) atoms. The molecule has 0 saturated heterocycles. The topological polar surface area (TPSA) is 55.6 Å². The number of nitrogens with two attached hydrogens (primary N) is 1. The van der Waals surface area contributed by atoms with Crippen molar-refractivity contribution in [2.24, 2.45) is 0 Å². The van der Waals surface area contributed by atoms with E-state index in [0.717, 1.165) is 6.07 Å². The zero-order chi connectivity index (χ0) is 13.7. The second-order valence-electron chi connectivity index (χ2n) is 4.38. The van der Waals surface area contributed by atoms with E-state index < -0.39 is 5.82 Å². The Hall–Kier alpha value is -1.62. The minimum absolute atomic E-state index is 0.0392. The minimum Gasteiger partial charge on any atom is -0.396 e. The summed E-state index contributed by atoms with van der Waals surface area (Å²) in [6.45, 7) is 4.77. The van der Waals surface area contributed by atoms with E-state index >= 15 is 0 Å². The van der Waals surface area contributed by atoms with Crippen molar-refractivity contribution < 1.29 is 13.9 Å². The number of carbonyl (C=O) groups excluding carboxylic acids is 1. The summed E-state index contributed by atoms with van der Waals surface area (Å²) in [5.41, 5.74) is 5.68. The number of amides is 1. The number of benzene rings is 1. The molecule has 0 aliphatic heterocycles. The molecule has 0 fully saturated rings. The van der Waals surface area contributed by atoms with E-state index in [4.69, 9.17) is 10.5 Å². The van der Waals surface area contributed by atoms with Crippen molar-refractivity contribution in [2.75, 3.05) is 25.9 Å². The first-order valence-corrected chi connectivity index (χ1v) is 5.84. The van der Waals surface area contributed by atoms with Crippen LogP contribution in [0.25, 0.3) is 0 Å². The first-order valence-electron chi connectivity index (χ1n) is 5.84. The number of nitrogen functional groups attached to an aromatic ring is 1. The Labute approximate surface area is 107 Å². The van der Waals surface area contributed by atoms with Crippen LogP contribution in [0.2, 0.25) is 0 Å². The second-order valence-corrected chi connectivity index (χ2v) is 4.38. The molecule has 4 nitrogen and oxygen atoms in total. The normalized spacial score (nSPS) is 10.7. The number of nitrogens with zero attached hydrogens (tertiary/aromatic N) is 1. The van der Waals surface area contributed by atoms with Gasteiger partial charge in [0.15, 0.2) is 0 Å². The SMILES string of the molecule is CC(C)OCCN(C)C(=O)c1ccc(N)c(F)c1. The van der Waals surface area contributed by atoms with Gasteiger partial charge in [-0.1, -0.05) is 0 Å². The van der Waals surface area contributed by atoms with Gasteiger partial charge in [0.25, 0.3) is 5.91 Å². The maximum absolute atomic E-state index is 13.2. The lowest BCUT2D eigenvalue weighted by molar-refractivity contribution is 0.0532. The second kappa shape index (κ2) is 6.35. The Morgan fingerprint density at radius 3 is 2.72 bits per heavy atom. The van der Waals surface area contributed by atoms with E-state index in [-0.39, 0.29) is 23.3 Å². The molecule has 0 saturated carbocycles. The molecule has 0 aromatic heterocycles. The summed E-state index contributed by atoms with van der Waals surface area (Å²) in [6, 6.07) is 4.05. The van der Waals surface area contributed by atoms with Crippen LogP contribution in [0.1, 0.15) is 24.2 Å². The van der Waals surface area contributed by atoms with E-state index in [1.54, 1.807) is 7.05 Å². The molecule has 0 heterocycles.